The van der Waals surface area contributed by atoms with E-state index in [1.54, 1.807) is 81.0 Å². The predicted molar refractivity (Wildman–Crippen MR) is 154 cm³/mol. The van der Waals surface area contributed by atoms with Gasteiger partial charge in [-0.05, 0) is 57.2 Å². The minimum Gasteiger partial charge on any atom is -0.505 e. The third-order valence-electron chi connectivity index (χ3n) is 7.43. The first-order valence-electron chi connectivity index (χ1n) is 13.5. The molecule has 12 heteroatoms. The molecule has 12 nitrogen and oxygen atoms in total. The quantitative estimate of drug-likeness (QED) is 0.214. The molecule has 0 radical (unpaired) electrons. The number of ether oxygens (including phenoxy) is 4. The van der Waals surface area contributed by atoms with Gasteiger partial charge in [-0.1, -0.05) is 18.2 Å². The van der Waals surface area contributed by atoms with Crippen molar-refractivity contribution in [1.29, 1.82) is 0 Å². The minimum atomic E-state index is -1.48. The molecule has 1 aliphatic rings. The highest BCUT2D eigenvalue weighted by atomic mass is 16.7. The summed E-state index contributed by atoms with van der Waals surface area (Å²) in [4.78, 5) is 38.4. The number of amides is 1. The van der Waals surface area contributed by atoms with Crippen molar-refractivity contribution in [3.05, 3.63) is 88.0 Å². The fourth-order valence-electron chi connectivity index (χ4n) is 5.17. The number of methoxy groups -OCH3 is 1. The fourth-order valence-corrected chi connectivity index (χ4v) is 5.17. The highest BCUT2D eigenvalue weighted by Crippen LogP contribution is 2.38. The number of carbonyl (C=O) groups excluding carboxylic acids is 2. The average molecular weight is 593 g/mol. The molecule has 2 aromatic carbocycles. The molecule has 226 valence electrons. The van der Waals surface area contributed by atoms with Crippen LogP contribution in [0.4, 0.5) is 5.69 Å². The van der Waals surface area contributed by atoms with Crippen LogP contribution in [0.3, 0.4) is 0 Å². The van der Waals surface area contributed by atoms with Crippen molar-refractivity contribution in [1.82, 2.24) is 4.57 Å². The van der Waals surface area contributed by atoms with Crippen LogP contribution in [0.1, 0.15) is 40.3 Å². The van der Waals surface area contributed by atoms with Crippen LogP contribution in [0.25, 0.3) is 11.0 Å². The molecule has 3 N–H and O–H groups in total. The number of aryl methyl sites for hydroxylation is 2. The first-order valence-corrected chi connectivity index (χ1v) is 13.5. The van der Waals surface area contributed by atoms with Gasteiger partial charge >= 0.3 is 11.6 Å². The van der Waals surface area contributed by atoms with Crippen LogP contribution in [0, 0.1) is 6.92 Å². The molecule has 43 heavy (non-hydrogen) atoms. The minimum absolute atomic E-state index is 0.00345. The standard InChI is InChI=1S/C31H32N2O10/c1-16-20(14-13-18-22(34)21(29(38)41-24(16)18)32-27(36)17-10-7-6-8-11-17)40-30-23(35)25(26(39-5)31(2,3)43-30)42-28(37)19-12-9-15-33(19)4/h6-15,23,25-26,30,34-35H,1-5H3,(H,32,36). The van der Waals surface area contributed by atoms with Gasteiger partial charge in [0.25, 0.3) is 5.91 Å². The van der Waals surface area contributed by atoms with Gasteiger partial charge in [0.15, 0.2) is 23.6 Å². The largest absolute Gasteiger partial charge is 0.505 e. The number of carbonyl (C=O) groups is 2. The Bertz CT molecular complexity index is 1730. The van der Waals surface area contributed by atoms with E-state index in [1.807, 2.05) is 0 Å². The van der Waals surface area contributed by atoms with Crippen molar-refractivity contribution in [3.8, 4) is 11.5 Å². The molecule has 4 aromatic rings. The van der Waals surface area contributed by atoms with Gasteiger partial charge in [-0.25, -0.2) is 9.59 Å². The SMILES string of the molecule is COC1C(OC(=O)c2cccn2C)C(O)C(Oc2ccc3c(O)c(NC(=O)c4ccccc4)c(=O)oc3c2C)OC1(C)C. The topological polar surface area (TPSA) is 159 Å². The second-order valence-corrected chi connectivity index (χ2v) is 10.7. The summed E-state index contributed by atoms with van der Waals surface area (Å²) in [5, 5.41) is 24.7. The van der Waals surface area contributed by atoms with E-state index < -0.39 is 59.1 Å². The summed E-state index contributed by atoms with van der Waals surface area (Å²) >= 11 is 0. The van der Waals surface area contributed by atoms with Crippen LogP contribution in [0.15, 0.2) is 70.0 Å². The Balaban J connectivity index is 1.43. The highest BCUT2D eigenvalue weighted by Gasteiger charge is 2.53. The van der Waals surface area contributed by atoms with Crippen molar-refractivity contribution in [2.75, 3.05) is 12.4 Å². The smallest absolute Gasteiger partial charge is 0.364 e. The molecule has 0 saturated carbocycles. The van der Waals surface area contributed by atoms with E-state index in [2.05, 4.69) is 5.32 Å². The van der Waals surface area contributed by atoms with Crippen LogP contribution in [-0.4, -0.2) is 64.0 Å². The molecule has 5 rings (SSSR count). The Hall–Kier alpha value is -4.65. The lowest BCUT2D eigenvalue weighted by atomic mass is 9.89. The van der Waals surface area contributed by atoms with E-state index >= 15 is 0 Å². The van der Waals surface area contributed by atoms with Gasteiger partial charge in [0.1, 0.15) is 23.1 Å². The van der Waals surface area contributed by atoms with Crippen LogP contribution in [0.2, 0.25) is 0 Å². The highest BCUT2D eigenvalue weighted by molar-refractivity contribution is 6.06. The molecule has 0 spiro atoms. The van der Waals surface area contributed by atoms with Crippen molar-refractivity contribution >= 4 is 28.5 Å². The first kappa shape index (κ1) is 29.8. The molecule has 1 fully saturated rings. The summed E-state index contributed by atoms with van der Waals surface area (Å²) in [5.41, 5.74) is -1.56. The van der Waals surface area contributed by atoms with E-state index in [0.29, 0.717) is 11.1 Å². The number of hydrogen-bond donors (Lipinski definition) is 3. The van der Waals surface area contributed by atoms with Gasteiger partial charge in [0.2, 0.25) is 6.29 Å². The summed E-state index contributed by atoms with van der Waals surface area (Å²) in [7, 11) is 3.12. The fraction of sp³-hybridized carbons (Fsp3) is 0.323. The molecular weight excluding hydrogens is 560 g/mol. The average Bonchev–Trinajstić information content (AvgIpc) is 3.41. The van der Waals surface area contributed by atoms with Crippen molar-refractivity contribution in [3.63, 3.8) is 0 Å². The van der Waals surface area contributed by atoms with Gasteiger partial charge < -0.3 is 43.5 Å². The Morgan fingerprint density at radius 1 is 1.07 bits per heavy atom. The number of aliphatic hydroxyl groups excluding tert-OH is 1. The van der Waals surface area contributed by atoms with Crippen LogP contribution in [-0.2, 0) is 21.3 Å². The zero-order valence-electron chi connectivity index (χ0n) is 24.2. The van der Waals surface area contributed by atoms with E-state index in [1.165, 1.54) is 19.2 Å². The van der Waals surface area contributed by atoms with Crippen LogP contribution >= 0.6 is 0 Å². The normalized spacial score (nSPS) is 21.3. The lowest BCUT2D eigenvalue weighted by molar-refractivity contribution is -0.305. The van der Waals surface area contributed by atoms with E-state index in [0.717, 1.165) is 0 Å². The molecular formula is C31H32N2O10. The number of benzene rings is 2. The molecule has 3 heterocycles. The zero-order valence-corrected chi connectivity index (χ0v) is 24.2. The lowest BCUT2D eigenvalue weighted by Gasteiger charge is -2.47. The first-order chi connectivity index (χ1) is 20.4. The number of esters is 1. The van der Waals surface area contributed by atoms with Gasteiger partial charge in [-0.3, -0.25) is 4.79 Å². The number of nitrogens with zero attached hydrogens (tertiary/aromatic N) is 1. The maximum Gasteiger partial charge on any atom is 0.364 e. The number of hydrogen-bond acceptors (Lipinski definition) is 10. The van der Waals surface area contributed by atoms with Crippen molar-refractivity contribution in [2.24, 2.45) is 7.05 Å². The molecule has 2 aromatic heterocycles. The number of rotatable bonds is 7. The predicted octanol–water partition coefficient (Wildman–Crippen LogP) is 3.51. The maximum atomic E-state index is 12.9. The number of fused-ring (bicyclic) bond motifs is 1. The summed E-state index contributed by atoms with van der Waals surface area (Å²) in [6, 6.07) is 14.4. The number of aliphatic hydroxyl groups is 1. The molecule has 4 atom stereocenters. The van der Waals surface area contributed by atoms with Crippen molar-refractivity contribution in [2.45, 2.75) is 51.0 Å². The summed E-state index contributed by atoms with van der Waals surface area (Å²) in [5.74, 6) is -1.57. The molecule has 1 amide bonds. The molecule has 0 bridgehead atoms. The maximum absolute atomic E-state index is 12.9. The Kier molecular flexibility index (Phi) is 8.02. The lowest BCUT2D eigenvalue weighted by Crippen LogP contribution is -2.65. The summed E-state index contributed by atoms with van der Waals surface area (Å²) in [6.45, 7) is 5.01. The van der Waals surface area contributed by atoms with Gasteiger partial charge in [0, 0.05) is 31.5 Å². The molecule has 1 aliphatic heterocycles. The van der Waals surface area contributed by atoms with E-state index in [9.17, 15) is 24.6 Å². The zero-order chi connectivity index (χ0) is 31.1. The number of anilines is 1. The summed E-state index contributed by atoms with van der Waals surface area (Å²) < 4.78 is 30.5. The number of nitrogens with one attached hydrogen (secondary N) is 1. The molecule has 0 aliphatic carbocycles. The second kappa shape index (κ2) is 11.6. The number of aromatic nitrogens is 1. The van der Waals surface area contributed by atoms with Crippen LogP contribution in [0.5, 0.6) is 11.5 Å². The van der Waals surface area contributed by atoms with E-state index in [-0.39, 0.29) is 22.4 Å². The Labute approximate surface area is 246 Å². The van der Waals surface area contributed by atoms with Gasteiger partial charge in [-0.15, -0.1) is 0 Å². The molecule has 4 unspecified atom stereocenters. The van der Waals surface area contributed by atoms with Crippen LogP contribution < -0.4 is 15.7 Å². The van der Waals surface area contributed by atoms with E-state index in [4.69, 9.17) is 23.4 Å². The Morgan fingerprint density at radius 3 is 2.44 bits per heavy atom. The summed E-state index contributed by atoms with van der Waals surface area (Å²) in [6.07, 6.45) is -3.12. The molecule has 1 saturated heterocycles. The third-order valence-corrected chi connectivity index (χ3v) is 7.43. The van der Waals surface area contributed by atoms with Gasteiger partial charge in [-0.2, -0.15) is 0 Å². The third kappa shape index (κ3) is 5.59. The number of aromatic hydroxyl groups is 1. The monoisotopic (exact) mass is 592 g/mol. The Morgan fingerprint density at radius 2 is 1.79 bits per heavy atom. The van der Waals surface area contributed by atoms with Crippen molar-refractivity contribution < 1.29 is 43.2 Å². The van der Waals surface area contributed by atoms with Gasteiger partial charge in [0.05, 0.1) is 11.0 Å². The second-order valence-electron chi connectivity index (χ2n) is 10.7.